The molecule has 2 aliphatic rings. The Morgan fingerprint density at radius 1 is 1.38 bits per heavy atom. The van der Waals surface area contributed by atoms with Crippen LogP contribution in [0.15, 0.2) is 12.1 Å². The quantitative estimate of drug-likeness (QED) is 0.636. The Bertz CT molecular complexity index is 731. The summed E-state index contributed by atoms with van der Waals surface area (Å²) < 4.78 is 11.3. The molecule has 9 heteroatoms. The van der Waals surface area contributed by atoms with Crippen LogP contribution in [0.1, 0.15) is 20.8 Å². The van der Waals surface area contributed by atoms with Gasteiger partial charge in [-0.15, -0.1) is 0 Å². The number of nitro benzene ring substituents is 1. The minimum Gasteiger partial charge on any atom is -0.487 e. The summed E-state index contributed by atoms with van der Waals surface area (Å²) in [6, 6.07) is 3.18. The fourth-order valence-corrected chi connectivity index (χ4v) is 3.31. The Labute approximate surface area is 152 Å². The monoisotopic (exact) mass is 364 g/mol. The summed E-state index contributed by atoms with van der Waals surface area (Å²) in [6.07, 6.45) is -0.331. The van der Waals surface area contributed by atoms with Crippen molar-refractivity contribution >= 4 is 23.2 Å². The number of nitrogens with zero attached hydrogens (tertiary/aromatic N) is 3. The zero-order chi connectivity index (χ0) is 19.1. The van der Waals surface area contributed by atoms with Crippen molar-refractivity contribution in [2.24, 2.45) is 0 Å². The molecule has 1 N–H and O–H groups in total. The highest BCUT2D eigenvalue weighted by Gasteiger charge is 2.38. The van der Waals surface area contributed by atoms with E-state index in [0.717, 1.165) is 5.69 Å². The van der Waals surface area contributed by atoms with Gasteiger partial charge in [-0.1, -0.05) is 0 Å². The lowest BCUT2D eigenvalue weighted by atomic mass is 10.1. The second kappa shape index (κ2) is 6.54. The molecule has 9 nitrogen and oxygen atoms in total. The number of rotatable bonds is 2. The molecule has 1 fully saturated rings. The van der Waals surface area contributed by atoms with Gasteiger partial charge in [0.05, 0.1) is 16.7 Å². The zero-order valence-corrected chi connectivity index (χ0v) is 15.4. The average molecular weight is 364 g/mol. The third-order valence-corrected chi connectivity index (χ3v) is 4.43. The topological polar surface area (TPSA) is 97.2 Å². The maximum absolute atomic E-state index is 12.3. The molecule has 0 saturated carbocycles. The van der Waals surface area contributed by atoms with E-state index in [0.29, 0.717) is 37.7 Å². The second-order valence-corrected chi connectivity index (χ2v) is 7.40. The van der Waals surface area contributed by atoms with E-state index < -0.39 is 10.5 Å². The minimum absolute atomic E-state index is 0.0166. The fourth-order valence-electron chi connectivity index (χ4n) is 3.31. The highest BCUT2D eigenvalue weighted by atomic mass is 16.6. The van der Waals surface area contributed by atoms with Crippen LogP contribution in [0.3, 0.4) is 0 Å². The Balaban J connectivity index is 1.81. The number of amides is 1. The van der Waals surface area contributed by atoms with Gasteiger partial charge in [-0.3, -0.25) is 10.1 Å². The summed E-state index contributed by atoms with van der Waals surface area (Å²) in [5.74, 6) is 0.490. The van der Waals surface area contributed by atoms with E-state index in [1.54, 1.807) is 18.0 Å². The molecule has 0 spiro atoms. The lowest BCUT2D eigenvalue weighted by Crippen LogP contribution is -2.59. The van der Waals surface area contributed by atoms with Crippen molar-refractivity contribution in [2.45, 2.75) is 32.4 Å². The van der Waals surface area contributed by atoms with Gasteiger partial charge in [0.2, 0.25) is 0 Å². The van der Waals surface area contributed by atoms with Gasteiger partial charge in [-0.25, -0.2) is 4.79 Å². The maximum Gasteiger partial charge on any atom is 0.410 e. The molecule has 1 aromatic rings. The molecule has 3 rings (SSSR count). The number of hydrogen-bond acceptors (Lipinski definition) is 7. The Kier molecular flexibility index (Phi) is 4.55. The van der Waals surface area contributed by atoms with E-state index in [1.807, 2.05) is 20.8 Å². The van der Waals surface area contributed by atoms with Crippen LogP contribution < -0.4 is 15.0 Å². The molecule has 2 heterocycles. The third kappa shape index (κ3) is 3.33. The van der Waals surface area contributed by atoms with Gasteiger partial charge in [0.15, 0.2) is 11.4 Å². The lowest BCUT2D eigenvalue weighted by molar-refractivity contribution is -0.384. The number of anilines is 2. The molecule has 1 aromatic carbocycles. The van der Waals surface area contributed by atoms with Crippen molar-refractivity contribution in [1.82, 2.24) is 4.90 Å². The molecule has 0 bridgehead atoms. The van der Waals surface area contributed by atoms with Crippen LogP contribution in [0.2, 0.25) is 0 Å². The molecular formula is C17H24N4O5. The van der Waals surface area contributed by atoms with Crippen LogP contribution in [-0.4, -0.2) is 60.8 Å². The molecular weight excluding hydrogens is 340 g/mol. The molecule has 0 aliphatic carbocycles. The largest absolute Gasteiger partial charge is 0.487 e. The van der Waals surface area contributed by atoms with Gasteiger partial charge in [-0.05, 0) is 26.8 Å². The van der Waals surface area contributed by atoms with Crippen molar-refractivity contribution in [3.63, 3.8) is 0 Å². The Morgan fingerprint density at radius 3 is 2.73 bits per heavy atom. The maximum atomic E-state index is 12.3. The summed E-state index contributed by atoms with van der Waals surface area (Å²) in [7, 11) is 1.64. The van der Waals surface area contributed by atoms with E-state index in [9.17, 15) is 14.9 Å². The number of piperazine rings is 1. The first kappa shape index (κ1) is 18.1. The number of benzene rings is 1. The van der Waals surface area contributed by atoms with E-state index >= 15 is 0 Å². The average Bonchev–Trinajstić information content (AvgIpc) is 2.58. The van der Waals surface area contributed by atoms with E-state index in [1.165, 1.54) is 6.07 Å². The second-order valence-electron chi connectivity index (χ2n) is 7.40. The van der Waals surface area contributed by atoms with Crippen molar-refractivity contribution < 1.29 is 19.2 Å². The fraction of sp³-hybridized carbons (Fsp3) is 0.588. The van der Waals surface area contributed by atoms with E-state index in [2.05, 4.69) is 10.2 Å². The zero-order valence-electron chi connectivity index (χ0n) is 15.4. The first-order valence-corrected chi connectivity index (χ1v) is 8.58. The summed E-state index contributed by atoms with van der Waals surface area (Å²) in [6.45, 7) is 7.49. The third-order valence-electron chi connectivity index (χ3n) is 4.43. The molecule has 1 amide bonds. The van der Waals surface area contributed by atoms with Crippen LogP contribution in [-0.2, 0) is 4.74 Å². The van der Waals surface area contributed by atoms with Gasteiger partial charge in [-0.2, -0.15) is 0 Å². The van der Waals surface area contributed by atoms with Crippen molar-refractivity contribution in [2.75, 3.05) is 43.5 Å². The summed E-state index contributed by atoms with van der Waals surface area (Å²) in [4.78, 5) is 26.9. The van der Waals surface area contributed by atoms with Gasteiger partial charge >= 0.3 is 6.09 Å². The van der Waals surface area contributed by atoms with Crippen LogP contribution in [0.25, 0.3) is 0 Å². The number of fused-ring (bicyclic) bond motifs is 3. The van der Waals surface area contributed by atoms with Gasteiger partial charge in [0.1, 0.15) is 12.2 Å². The molecule has 0 radical (unpaired) electrons. The van der Waals surface area contributed by atoms with Crippen LogP contribution in [0.4, 0.5) is 21.9 Å². The predicted octanol–water partition coefficient (Wildman–Crippen LogP) is 2.45. The highest BCUT2D eigenvalue weighted by Crippen LogP contribution is 2.45. The number of nitrogens with one attached hydrogen (secondary N) is 1. The number of carbonyl (C=O) groups excluding carboxylic acids is 1. The van der Waals surface area contributed by atoms with E-state index in [4.69, 9.17) is 9.47 Å². The number of ether oxygens (including phenoxy) is 2. The molecule has 142 valence electrons. The highest BCUT2D eigenvalue weighted by molar-refractivity contribution is 5.81. The molecule has 2 aliphatic heterocycles. The summed E-state index contributed by atoms with van der Waals surface area (Å²) in [5.41, 5.74) is 0.627. The number of hydrogen-bond donors (Lipinski definition) is 1. The van der Waals surface area contributed by atoms with Gasteiger partial charge in [0.25, 0.3) is 5.69 Å². The molecule has 26 heavy (non-hydrogen) atoms. The molecule has 0 aromatic heterocycles. The first-order chi connectivity index (χ1) is 12.2. The van der Waals surface area contributed by atoms with Crippen LogP contribution in [0, 0.1) is 10.1 Å². The smallest absolute Gasteiger partial charge is 0.410 e. The minimum atomic E-state index is -0.537. The van der Waals surface area contributed by atoms with Crippen molar-refractivity contribution in [3.8, 4) is 5.75 Å². The molecule has 1 saturated heterocycles. The molecule has 0 unspecified atom stereocenters. The lowest BCUT2D eigenvalue weighted by Gasteiger charge is -2.45. The Morgan fingerprint density at radius 2 is 2.12 bits per heavy atom. The normalized spacial score (nSPS) is 19.2. The standard InChI is InChI=1S/C17H24N4O5/c1-17(2,3)26-16(22)19-7-8-20-11(9-19)10-25-15-13(20)6-5-12(21(23)24)14(15)18-4/h5-6,11,18H,7-10H2,1-4H3/t11-/m0/s1. The Hall–Kier alpha value is -2.71. The van der Waals surface area contributed by atoms with Crippen LogP contribution in [0.5, 0.6) is 5.75 Å². The van der Waals surface area contributed by atoms with Gasteiger partial charge < -0.3 is 24.6 Å². The van der Waals surface area contributed by atoms with Gasteiger partial charge in [0, 0.05) is 32.7 Å². The van der Waals surface area contributed by atoms with Crippen molar-refractivity contribution in [1.29, 1.82) is 0 Å². The number of nitro groups is 1. The van der Waals surface area contributed by atoms with E-state index in [-0.39, 0.29) is 17.8 Å². The molecule has 1 atom stereocenters. The number of carbonyl (C=O) groups is 1. The SMILES string of the molecule is CNc1c([N+](=O)[O-])ccc2c1OC[C@@H]1CN(C(=O)OC(C)(C)C)CCN21. The van der Waals surface area contributed by atoms with Crippen molar-refractivity contribution in [3.05, 3.63) is 22.2 Å². The van der Waals surface area contributed by atoms with Crippen LogP contribution >= 0.6 is 0 Å². The summed E-state index contributed by atoms with van der Waals surface area (Å²) >= 11 is 0. The summed E-state index contributed by atoms with van der Waals surface area (Å²) in [5, 5.41) is 14.1. The first-order valence-electron chi connectivity index (χ1n) is 8.58. The predicted molar refractivity (Wildman–Crippen MR) is 97.1 cm³/mol.